The van der Waals surface area contributed by atoms with Gasteiger partial charge in [0.2, 0.25) is 0 Å². The molecule has 0 bridgehead atoms. The number of rotatable bonds is 1. The van der Waals surface area contributed by atoms with Gasteiger partial charge in [0.1, 0.15) is 5.83 Å². The van der Waals surface area contributed by atoms with Crippen molar-refractivity contribution in [2.24, 2.45) is 11.8 Å². The Labute approximate surface area is 128 Å². The molecule has 1 fully saturated rings. The van der Waals surface area contributed by atoms with Crippen LogP contribution < -0.4 is 5.32 Å². The quantitative estimate of drug-likeness (QED) is 0.525. The number of piperidine rings is 1. The van der Waals surface area contributed by atoms with Crippen molar-refractivity contribution in [3.05, 3.63) is 22.5 Å². The molecule has 0 radical (unpaired) electrons. The Bertz CT molecular complexity index is 485. The molecule has 1 saturated heterocycles. The Kier molecular flexibility index (Phi) is 4.31. The van der Waals surface area contributed by atoms with E-state index in [-0.39, 0.29) is 17.8 Å². The van der Waals surface area contributed by atoms with E-state index in [9.17, 15) is 17.6 Å². The average Bonchev–Trinajstić information content (AvgIpc) is 2.30. The van der Waals surface area contributed by atoms with Gasteiger partial charge in [0, 0.05) is 17.9 Å². The Morgan fingerprint density at radius 3 is 2.60 bits per heavy atom. The summed E-state index contributed by atoms with van der Waals surface area (Å²) in [7, 11) is 0. The molecular formula is C13H14BrF4NS. The lowest BCUT2D eigenvalue weighted by Gasteiger charge is -2.45. The first-order valence-corrected chi connectivity index (χ1v) is 7.41. The van der Waals surface area contributed by atoms with Crippen molar-refractivity contribution in [1.29, 1.82) is 0 Å². The van der Waals surface area contributed by atoms with Crippen LogP contribution in [0.25, 0.3) is 0 Å². The van der Waals surface area contributed by atoms with Crippen LogP contribution in [0, 0.1) is 11.8 Å². The van der Waals surface area contributed by atoms with Gasteiger partial charge in [-0.1, -0.05) is 28.1 Å². The van der Waals surface area contributed by atoms with Crippen LogP contribution in [0.1, 0.15) is 26.2 Å². The molecule has 3 unspecified atom stereocenters. The molecule has 1 heterocycles. The molecule has 1 aliphatic carbocycles. The van der Waals surface area contributed by atoms with E-state index < -0.39 is 29.4 Å². The van der Waals surface area contributed by atoms with Crippen LogP contribution in [0.5, 0.6) is 0 Å². The normalized spacial score (nSPS) is 35.2. The summed E-state index contributed by atoms with van der Waals surface area (Å²) in [4.78, 5) is 0.152. The van der Waals surface area contributed by atoms with Gasteiger partial charge in [0.25, 0.3) is 0 Å². The van der Waals surface area contributed by atoms with Gasteiger partial charge in [-0.2, -0.15) is 13.2 Å². The van der Waals surface area contributed by atoms with Crippen LogP contribution in [0.3, 0.4) is 0 Å². The Hall–Kier alpha value is -0.430. The van der Waals surface area contributed by atoms with Crippen molar-refractivity contribution in [3.8, 4) is 0 Å². The molecule has 0 aromatic carbocycles. The molecule has 1 N–H and O–H groups in total. The van der Waals surface area contributed by atoms with Crippen molar-refractivity contribution in [3.63, 3.8) is 0 Å². The highest BCUT2D eigenvalue weighted by Gasteiger charge is 2.51. The van der Waals surface area contributed by atoms with E-state index in [1.54, 1.807) is 13.0 Å². The lowest BCUT2D eigenvalue weighted by molar-refractivity contribution is -0.181. The highest BCUT2D eigenvalue weighted by atomic mass is 79.9. The van der Waals surface area contributed by atoms with E-state index in [1.807, 2.05) is 0 Å². The topological polar surface area (TPSA) is 12.0 Å². The number of nitrogens with one attached hydrogen (secondary N) is 1. The van der Waals surface area contributed by atoms with E-state index in [0.717, 1.165) is 4.48 Å². The lowest BCUT2D eigenvalue weighted by atomic mass is 9.72. The van der Waals surface area contributed by atoms with E-state index in [0.29, 0.717) is 6.42 Å². The van der Waals surface area contributed by atoms with E-state index in [2.05, 4.69) is 21.2 Å². The number of alkyl halides is 3. The molecule has 3 atom stereocenters. The summed E-state index contributed by atoms with van der Waals surface area (Å²) in [6, 6.07) is 0. The minimum Gasteiger partial charge on any atom is -0.374 e. The number of hydrogen-bond donors (Lipinski definition) is 1. The summed E-state index contributed by atoms with van der Waals surface area (Å²) in [6.07, 6.45) is -1.50. The molecule has 0 saturated carbocycles. The van der Waals surface area contributed by atoms with Crippen LogP contribution in [-0.4, -0.2) is 16.7 Å². The maximum atomic E-state index is 14.0. The first-order chi connectivity index (χ1) is 9.12. The Morgan fingerprint density at radius 1 is 1.35 bits per heavy atom. The zero-order valence-corrected chi connectivity index (χ0v) is 13.1. The third-order valence-electron chi connectivity index (χ3n) is 3.91. The molecule has 0 aromatic heterocycles. The van der Waals surface area contributed by atoms with Gasteiger partial charge in [0.05, 0.1) is 10.9 Å². The van der Waals surface area contributed by atoms with Gasteiger partial charge in [-0.25, -0.2) is 4.39 Å². The predicted molar refractivity (Wildman–Crippen MR) is 77.2 cm³/mol. The van der Waals surface area contributed by atoms with Gasteiger partial charge >= 0.3 is 6.18 Å². The Morgan fingerprint density at radius 2 is 2.00 bits per heavy atom. The molecule has 1 aliphatic heterocycles. The Balaban J connectivity index is 2.27. The lowest BCUT2D eigenvalue weighted by Crippen LogP contribution is -2.58. The number of halogens is 5. The smallest absolute Gasteiger partial charge is 0.374 e. The second-order valence-corrected chi connectivity index (χ2v) is 7.05. The van der Waals surface area contributed by atoms with Crippen molar-refractivity contribution in [1.82, 2.24) is 5.32 Å². The van der Waals surface area contributed by atoms with Crippen LogP contribution in [0.4, 0.5) is 17.6 Å². The highest BCUT2D eigenvalue weighted by Crippen LogP contribution is 2.45. The minimum atomic E-state index is -4.31. The SMILES string of the molecule is CC1(C2CC(Br)=CC=C2F)CC(C(F)(F)F)CC(=S)N1. The third-order valence-corrected chi connectivity index (χ3v) is 4.77. The molecule has 0 amide bonds. The van der Waals surface area contributed by atoms with Crippen molar-refractivity contribution >= 4 is 33.1 Å². The van der Waals surface area contributed by atoms with Gasteiger partial charge in [-0.05, 0) is 36.4 Å². The maximum Gasteiger partial charge on any atom is 0.392 e. The summed E-state index contributed by atoms with van der Waals surface area (Å²) in [5.74, 6) is -2.57. The fourth-order valence-electron chi connectivity index (χ4n) is 2.87. The van der Waals surface area contributed by atoms with Crippen LogP contribution >= 0.6 is 28.1 Å². The summed E-state index contributed by atoms with van der Waals surface area (Å²) in [6.45, 7) is 1.61. The standard InChI is InChI=1S/C13H14BrF4NS/c1-12(9-5-8(14)2-3-10(9)15)6-7(13(16,17)18)4-11(20)19-12/h2-3,7,9H,4-6H2,1H3,(H,19,20). The van der Waals surface area contributed by atoms with Gasteiger partial charge in [0.15, 0.2) is 0 Å². The zero-order chi connectivity index (χ0) is 15.1. The van der Waals surface area contributed by atoms with Gasteiger partial charge < -0.3 is 5.32 Å². The number of hydrogen-bond acceptors (Lipinski definition) is 1. The molecule has 1 nitrogen and oxygen atoms in total. The van der Waals surface area contributed by atoms with Crippen molar-refractivity contribution < 1.29 is 17.6 Å². The second-order valence-electron chi connectivity index (χ2n) is 5.53. The molecular weight excluding hydrogens is 358 g/mol. The molecule has 112 valence electrons. The fourth-order valence-corrected chi connectivity index (χ4v) is 3.76. The fraction of sp³-hybridized carbons (Fsp3) is 0.615. The minimum absolute atomic E-state index is 0.152. The molecule has 0 aromatic rings. The monoisotopic (exact) mass is 371 g/mol. The largest absolute Gasteiger partial charge is 0.392 e. The third kappa shape index (κ3) is 3.24. The van der Waals surface area contributed by atoms with Crippen LogP contribution in [-0.2, 0) is 0 Å². The number of thiocarbonyl (C=S) groups is 1. The van der Waals surface area contributed by atoms with Crippen molar-refractivity contribution in [2.45, 2.75) is 37.9 Å². The molecule has 2 rings (SSSR count). The molecule has 20 heavy (non-hydrogen) atoms. The van der Waals surface area contributed by atoms with E-state index >= 15 is 0 Å². The first kappa shape index (κ1) is 15.9. The van der Waals surface area contributed by atoms with Gasteiger partial charge in [-0.15, -0.1) is 0 Å². The molecule has 2 aliphatic rings. The molecule has 0 spiro atoms. The van der Waals surface area contributed by atoms with Crippen LogP contribution in [0.15, 0.2) is 22.5 Å². The first-order valence-electron chi connectivity index (χ1n) is 6.21. The van der Waals surface area contributed by atoms with Gasteiger partial charge in [-0.3, -0.25) is 0 Å². The summed E-state index contributed by atoms with van der Waals surface area (Å²) in [5.41, 5.74) is -1.02. The summed E-state index contributed by atoms with van der Waals surface area (Å²) >= 11 is 8.24. The predicted octanol–water partition coefficient (Wildman–Crippen LogP) is 4.79. The maximum absolute atomic E-state index is 14.0. The number of allylic oxidation sites excluding steroid dienone is 3. The average molecular weight is 372 g/mol. The zero-order valence-electron chi connectivity index (χ0n) is 10.7. The van der Waals surface area contributed by atoms with E-state index in [4.69, 9.17) is 12.2 Å². The second kappa shape index (κ2) is 5.40. The highest BCUT2D eigenvalue weighted by molar-refractivity contribution is 9.11. The van der Waals surface area contributed by atoms with E-state index in [1.165, 1.54) is 6.08 Å². The van der Waals surface area contributed by atoms with Crippen molar-refractivity contribution in [2.75, 3.05) is 0 Å². The summed E-state index contributed by atoms with van der Waals surface area (Å²) in [5, 5.41) is 2.92. The molecule has 7 heteroatoms. The summed E-state index contributed by atoms with van der Waals surface area (Å²) < 4.78 is 53.8. The van der Waals surface area contributed by atoms with Crippen LogP contribution in [0.2, 0.25) is 0 Å².